The van der Waals surface area contributed by atoms with Crippen LogP contribution in [0, 0.1) is 6.92 Å². The molecular formula is C24H28N4O2S. The summed E-state index contributed by atoms with van der Waals surface area (Å²) in [5.41, 5.74) is 1.46. The summed E-state index contributed by atoms with van der Waals surface area (Å²) in [7, 11) is 0. The third kappa shape index (κ3) is 4.37. The highest BCUT2D eigenvalue weighted by Gasteiger charge is 2.30. The zero-order chi connectivity index (χ0) is 22.0. The van der Waals surface area contributed by atoms with Crippen molar-refractivity contribution in [1.82, 2.24) is 19.4 Å². The fourth-order valence-electron chi connectivity index (χ4n) is 4.19. The largest absolute Gasteiger partial charge is 0.339 e. The van der Waals surface area contributed by atoms with Gasteiger partial charge < -0.3 is 4.90 Å². The Morgan fingerprint density at radius 3 is 2.84 bits per heavy atom. The Balaban J connectivity index is 1.75. The van der Waals surface area contributed by atoms with Crippen LogP contribution in [0.4, 0.5) is 0 Å². The minimum atomic E-state index is -0.351. The Kier molecular flexibility index (Phi) is 6.41. The van der Waals surface area contributed by atoms with E-state index < -0.39 is 0 Å². The number of likely N-dealkylation sites (tertiary alicyclic amines) is 1. The van der Waals surface area contributed by atoms with E-state index in [0.717, 1.165) is 31.4 Å². The van der Waals surface area contributed by atoms with Gasteiger partial charge in [-0.1, -0.05) is 30.8 Å². The van der Waals surface area contributed by atoms with Crippen molar-refractivity contribution >= 4 is 28.6 Å². The number of para-hydroxylation sites is 1. The molecule has 31 heavy (non-hydrogen) atoms. The zero-order valence-corrected chi connectivity index (χ0v) is 19.1. The van der Waals surface area contributed by atoms with Crippen LogP contribution in [0.5, 0.6) is 0 Å². The highest BCUT2D eigenvalue weighted by Crippen LogP contribution is 2.28. The number of hydrogen-bond donors (Lipinski definition) is 0. The standard InChI is InChI=1S/C24H28N4O2S/c1-4-18-9-7-8-14-27(18)22(29)17(3)31-24-26-20-11-6-5-10-19(20)23(30)28(24)21-15-16(2)12-13-25-21/h5-6,10-13,15,17-18H,4,7-9,14H2,1-3H3. The van der Waals surface area contributed by atoms with Gasteiger partial charge >= 0.3 is 0 Å². The van der Waals surface area contributed by atoms with E-state index in [1.54, 1.807) is 12.3 Å². The van der Waals surface area contributed by atoms with E-state index in [1.165, 1.54) is 22.7 Å². The first-order valence-electron chi connectivity index (χ1n) is 10.9. The smallest absolute Gasteiger partial charge is 0.267 e. The topological polar surface area (TPSA) is 68.1 Å². The van der Waals surface area contributed by atoms with Crippen LogP contribution >= 0.6 is 11.8 Å². The molecule has 2 atom stereocenters. The van der Waals surface area contributed by atoms with Gasteiger partial charge in [-0.3, -0.25) is 9.59 Å². The highest BCUT2D eigenvalue weighted by molar-refractivity contribution is 8.00. The number of aromatic nitrogens is 3. The molecular weight excluding hydrogens is 408 g/mol. The van der Waals surface area contributed by atoms with Gasteiger partial charge in [0.2, 0.25) is 5.91 Å². The highest BCUT2D eigenvalue weighted by atomic mass is 32.2. The number of thioether (sulfide) groups is 1. The maximum absolute atomic E-state index is 13.4. The molecule has 1 fully saturated rings. The van der Waals surface area contributed by atoms with Crippen LogP contribution in [-0.4, -0.2) is 43.2 Å². The molecule has 0 N–H and O–H groups in total. The van der Waals surface area contributed by atoms with Crippen molar-refractivity contribution in [3.63, 3.8) is 0 Å². The molecule has 0 bridgehead atoms. The molecule has 1 amide bonds. The number of nitrogens with zero attached hydrogens (tertiary/aromatic N) is 4. The van der Waals surface area contributed by atoms with Crippen LogP contribution in [0.15, 0.2) is 52.5 Å². The molecule has 7 heteroatoms. The van der Waals surface area contributed by atoms with E-state index in [1.807, 2.05) is 49.1 Å². The molecule has 1 aliphatic heterocycles. The second kappa shape index (κ2) is 9.22. The second-order valence-electron chi connectivity index (χ2n) is 8.09. The van der Waals surface area contributed by atoms with Crippen molar-refractivity contribution in [1.29, 1.82) is 0 Å². The van der Waals surface area contributed by atoms with E-state index in [2.05, 4.69) is 11.9 Å². The van der Waals surface area contributed by atoms with Gasteiger partial charge in [-0.25, -0.2) is 14.5 Å². The SMILES string of the molecule is CCC1CCCCN1C(=O)C(C)Sc1nc2ccccc2c(=O)n1-c1cc(C)ccn1. The molecule has 2 aromatic heterocycles. The average molecular weight is 437 g/mol. The summed E-state index contributed by atoms with van der Waals surface area (Å²) in [6.45, 7) is 6.81. The minimum Gasteiger partial charge on any atom is -0.339 e. The quantitative estimate of drug-likeness (QED) is 0.439. The van der Waals surface area contributed by atoms with Crippen molar-refractivity contribution < 1.29 is 4.79 Å². The molecule has 0 aliphatic carbocycles. The third-order valence-electron chi connectivity index (χ3n) is 5.89. The summed E-state index contributed by atoms with van der Waals surface area (Å²) in [5, 5.41) is 0.681. The van der Waals surface area contributed by atoms with Gasteiger partial charge in [-0.2, -0.15) is 0 Å². The van der Waals surface area contributed by atoms with Crippen LogP contribution in [0.25, 0.3) is 16.7 Å². The van der Waals surface area contributed by atoms with Crippen LogP contribution in [0.1, 0.15) is 45.1 Å². The first kappa shape index (κ1) is 21.6. The van der Waals surface area contributed by atoms with Gasteiger partial charge in [0.15, 0.2) is 5.16 Å². The number of carbonyl (C=O) groups is 1. The maximum atomic E-state index is 13.4. The number of fused-ring (bicyclic) bond motifs is 1. The Morgan fingerprint density at radius 1 is 1.26 bits per heavy atom. The van der Waals surface area contributed by atoms with Gasteiger partial charge in [0.1, 0.15) is 5.82 Å². The summed E-state index contributed by atoms with van der Waals surface area (Å²) in [5.74, 6) is 0.637. The first-order valence-corrected chi connectivity index (χ1v) is 11.8. The number of carbonyl (C=O) groups excluding carboxylic acids is 1. The van der Waals surface area contributed by atoms with Crippen LogP contribution in [0.3, 0.4) is 0 Å². The van der Waals surface area contributed by atoms with E-state index in [4.69, 9.17) is 4.98 Å². The fraction of sp³-hybridized carbons (Fsp3) is 0.417. The van der Waals surface area contributed by atoms with E-state index in [9.17, 15) is 9.59 Å². The lowest BCUT2D eigenvalue weighted by Gasteiger charge is -2.36. The molecule has 0 saturated carbocycles. The lowest BCUT2D eigenvalue weighted by Crippen LogP contribution is -2.46. The average Bonchev–Trinajstić information content (AvgIpc) is 2.78. The van der Waals surface area contributed by atoms with Crippen molar-refractivity contribution in [2.45, 2.75) is 62.9 Å². The summed E-state index contributed by atoms with van der Waals surface area (Å²) in [4.78, 5) is 37.9. The number of pyridine rings is 1. The predicted molar refractivity (Wildman–Crippen MR) is 125 cm³/mol. The number of amides is 1. The molecule has 1 saturated heterocycles. The molecule has 162 valence electrons. The molecule has 6 nitrogen and oxygen atoms in total. The second-order valence-corrected chi connectivity index (χ2v) is 9.40. The molecule has 1 aliphatic rings. The molecule has 3 aromatic rings. The van der Waals surface area contributed by atoms with Crippen LogP contribution in [0.2, 0.25) is 0 Å². The predicted octanol–water partition coefficient (Wildman–Crippen LogP) is 4.36. The first-order chi connectivity index (χ1) is 15.0. The number of piperidine rings is 1. The molecule has 2 unspecified atom stereocenters. The van der Waals surface area contributed by atoms with Gasteiger partial charge in [0.05, 0.1) is 16.2 Å². The third-order valence-corrected chi connectivity index (χ3v) is 6.93. The Hall–Kier alpha value is -2.67. The molecule has 1 aromatic carbocycles. The van der Waals surface area contributed by atoms with Crippen molar-refractivity contribution in [2.75, 3.05) is 6.54 Å². The van der Waals surface area contributed by atoms with Gasteiger partial charge in [0, 0.05) is 18.8 Å². The fourth-order valence-corrected chi connectivity index (χ4v) is 5.18. The number of benzene rings is 1. The van der Waals surface area contributed by atoms with Crippen molar-refractivity contribution in [2.24, 2.45) is 0 Å². The Morgan fingerprint density at radius 2 is 2.06 bits per heavy atom. The molecule has 0 radical (unpaired) electrons. The molecule has 0 spiro atoms. The van der Waals surface area contributed by atoms with E-state index >= 15 is 0 Å². The number of aryl methyl sites for hydroxylation is 1. The maximum Gasteiger partial charge on any atom is 0.267 e. The molecule has 3 heterocycles. The minimum absolute atomic E-state index is 0.114. The zero-order valence-electron chi connectivity index (χ0n) is 18.2. The van der Waals surface area contributed by atoms with E-state index in [0.29, 0.717) is 27.9 Å². The monoisotopic (exact) mass is 436 g/mol. The normalized spacial score (nSPS) is 17.6. The van der Waals surface area contributed by atoms with Gasteiger partial charge in [0.25, 0.3) is 5.56 Å². The summed E-state index contributed by atoms with van der Waals surface area (Å²) < 4.78 is 1.54. The Bertz CT molecular complexity index is 1160. The van der Waals surface area contributed by atoms with Gasteiger partial charge in [-0.15, -0.1) is 0 Å². The summed E-state index contributed by atoms with van der Waals surface area (Å²) >= 11 is 1.33. The van der Waals surface area contributed by atoms with E-state index in [-0.39, 0.29) is 16.7 Å². The lowest BCUT2D eigenvalue weighted by molar-refractivity contribution is -0.134. The van der Waals surface area contributed by atoms with Crippen LogP contribution in [-0.2, 0) is 4.79 Å². The summed E-state index contributed by atoms with van der Waals surface area (Å²) in [6.07, 6.45) is 5.94. The van der Waals surface area contributed by atoms with Crippen LogP contribution < -0.4 is 5.56 Å². The van der Waals surface area contributed by atoms with Crippen molar-refractivity contribution in [3.05, 3.63) is 58.5 Å². The lowest BCUT2D eigenvalue weighted by atomic mass is 10.00. The van der Waals surface area contributed by atoms with Crippen molar-refractivity contribution in [3.8, 4) is 5.82 Å². The summed E-state index contributed by atoms with van der Waals surface area (Å²) in [6, 6.07) is 11.4. The van der Waals surface area contributed by atoms with Gasteiger partial charge in [-0.05, 0) is 69.4 Å². The Labute approximate surface area is 186 Å². The number of hydrogen-bond acceptors (Lipinski definition) is 5. The number of rotatable bonds is 5. The molecule has 4 rings (SSSR count).